The highest BCUT2D eigenvalue weighted by molar-refractivity contribution is 4.71. The van der Waals surface area contributed by atoms with E-state index in [2.05, 4.69) is 27.0 Å². The van der Waals surface area contributed by atoms with Crippen LogP contribution in [0, 0.1) is 0 Å². The van der Waals surface area contributed by atoms with Gasteiger partial charge in [-0.2, -0.15) is 0 Å². The second kappa shape index (κ2) is 89.4. The average molecular weight is 313 g/mol. The summed E-state index contributed by atoms with van der Waals surface area (Å²) < 4.78 is 0. The van der Waals surface area contributed by atoms with Gasteiger partial charge in [0.1, 0.15) is 0 Å². The molecule has 0 aliphatic rings. The molecule has 0 aromatic rings. The van der Waals surface area contributed by atoms with E-state index in [-0.39, 0.29) is 0 Å². The molecule has 0 saturated carbocycles. The minimum Gasteiger partial charge on any atom is -0.103 e. The zero-order valence-electron chi connectivity index (χ0n) is 17.7. The van der Waals surface area contributed by atoms with Crippen LogP contribution in [0.25, 0.3) is 0 Å². The van der Waals surface area contributed by atoms with Crippen molar-refractivity contribution in [1.82, 2.24) is 0 Å². The molecule has 0 N–H and O–H groups in total. The molecule has 0 aromatic heterocycles. The van der Waals surface area contributed by atoms with Crippen molar-refractivity contribution in [2.75, 3.05) is 0 Å². The smallest absolute Gasteiger partial charge is 0.0350 e. The molecule has 22 heavy (non-hydrogen) atoms. The predicted octanol–water partition coefficient (Wildman–Crippen LogP) is 9.16. The molecule has 0 unspecified atom stereocenters. The van der Waals surface area contributed by atoms with Gasteiger partial charge in [0.05, 0.1) is 0 Å². The molecule has 0 aliphatic carbocycles. The quantitative estimate of drug-likeness (QED) is 0.358. The van der Waals surface area contributed by atoms with Crippen LogP contribution < -0.4 is 0 Å². The lowest BCUT2D eigenvalue weighted by Gasteiger charge is -1.84. The Hall–Kier alpha value is -1.04. The first-order valence-electron chi connectivity index (χ1n) is 9.02. The van der Waals surface area contributed by atoms with E-state index in [1.54, 1.807) is 0 Å². The minimum atomic E-state index is 1.12. The maximum absolute atomic E-state index is 3.60. The Morgan fingerprint density at radius 3 is 0.864 bits per heavy atom. The zero-order valence-corrected chi connectivity index (χ0v) is 17.7. The van der Waals surface area contributed by atoms with Gasteiger partial charge in [0, 0.05) is 0 Å². The van der Waals surface area contributed by atoms with E-state index in [1.165, 1.54) is 12.8 Å². The van der Waals surface area contributed by atoms with E-state index < -0.39 is 0 Å². The third-order valence-electron chi connectivity index (χ3n) is 1.48. The van der Waals surface area contributed by atoms with Crippen molar-refractivity contribution >= 4 is 0 Å². The molecule has 0 rings (SSSR count). The van der Waals surface area contributed by atoms with Crippen LogP contribution in [0.3, 0.4) is 0 Å². The van der Waals surface area contributed by atoms with E-state index in [0.29, 0.717) is 0 Å². The Morgan fingerprint density at radius 2 is 0.773 bits per heavy atom. The molecule has 0 aliphatic heterocycles. The van der Waals surface area contributed by atoms with Crippen molar-refractivity contribution in [3.05, 3.63) is 49.6 Å². The van der Waals surface area contributed by atoms with E-state index in [0.717, 1.165) is 12.8 Å². The molecule has 0 radical (unpaired) electrons. The number of unbranched alkanes of at least 4 members (excludes halogenated alkanes) is 2. The Labute approximate surface area is 145 Å². The van der Waals surface area contributed by atoms with Crippen molar-refractivity contribution in [2.45, 2.75) is 94.9 Å². The number of allylic oxidation sites excluding steroid dienone is 6. The van der Waals surface area contributed by atoms with Crippen molar-refractivity contribution < 1.29 is 0 Å². The molecule has 136 valence electrons. The first kappa shape index (κ1) is 37.3. The van der Waals surface area contributed by atoms with Gasteiger partial charge in [-0.1, -0.05) is 84.4 Å². The maximum Gasteiger partial charge on any atom is -0.0350 e. The number of hydrogen-bond donors (Lipinski definition) is 0. The van der Waals surface area contributed by atoms with Gasteiger partial charge >= 0.3 is 0 Å². The average Bonchev–Trinajstić information content (AvgIpc) is 2.60. The molecule has 0 heteroatoms. The van der Waals surface area contributed by atoms with Crippen LogP contribution >= 0.6 is 0 Å². The van der Waals surface area contributed by atoms with Gasteiger partial charge in [-0.25, -0.2) is 0 Å². The lowest BCUT2D eigenvalue weighted by Crippen LogP contribution is -1.64. The van der Waals surface area contributed by atoms with Crippen LogP contribution in [0.1, 0.15) is 94.9 Å². The van der Waals surface area contributed by atoms with Crippen LogP contribution in [0.5, 0.6) is 0 Å². The lowest BCUT2D eigenvalue weighted by atomic mass is 10.2. The van der Waals surface area contributed by atoms with Crippen molar-refractivity contribution in [3.63, 3.8) is 0 Å². The van der Waals surface area contributed by atoms with Gasteiger partial charge in [-0.05, 0) is 47.0 Å². The molecule has 0 fully saturated rings. The summed E-state index contributed by atoms with van der Waals surface area (Å²) in [6.45, 7) is 27.4. The maximum atomic E-state index is 3.60. The Morgan fingerprint density at radius 1 is 0.591 bits per heavy atom. The molecule has 0 aromatic carbocycles. The molecule has 0 spiro atoms. The first-order valence-corrected chi connectivity index (χ1v) is 9.02. The summed E-state index contributed by atoms with van der Waals surface area (Å²) in [5.74, 6) is 0. The monoisotopic (exact) mass is 312 g/mol. The molecular weight excluding hydrogens is 264 g/mol. The second-order valence-electron chi connectivity index (χ2n) is 3.55. The van der Waals surface area contributed by atoms with Gasteiger partial charge < -0.3 is 0 Å². The van der Waals surface area contributed by atoms with Crippen molar-refractivity contribution in [1.29, 1.82) is 0 Å². The van der Waals surface area contributed by atoms with E-state index in [1.807, 2.05) is 91.8 Å². The van der Waals surface area contributed by atoms with Crippen LogP contribution in [0.2, 0.25) is 0 Å². The van der Waals surface area contributed by atoms with Gasteiger partial charge in [0.25, 0.3) is 0 Å². The molecular formula is C22H48. The van der Waals surface area contributed by atoms with Gasteiger partial charge in [-0.15, -0.1) is 13.2 Å². The molecule has 0 saturated heterocycles. The largest absolute Gasteiger partial charge is 0.103 e. The van der Waals surface area contributed by atoms with Crippen LogP contribution in [-0.4, -0.2) is 0 Å². The Bertz CT molecular complexity index is 135. The van der Waals surface area contributed by atoms with E-state index >= 15 is 0 Å². The summed E-state index contributed by atoms with van der Waals surface area (Å²) in [6.07, 6.45) is 16.6. The SMILES string of the molecule is C/C=C/C.C/C=C/C.C=CCCCC=C.CC.CC.CCC. The molecule has 0 nitrogen and oxygen atoms in total. The number of hydrogen-bond acceptors (Lipinski definition) is 0. The highest BCUT2D eigenvalue weighted by Gasteiger charge is 1.74. The molecule has 0 heterocycles. The molecule has 0 atom stereocenters. The summed E-state index contributed by atoms with van der Waals surface area (Å²) in [6, 6.07) is 0. The second-order valence-corrected chi connectivity index (χ2v) is 3.55. The third kappa shape index (κ3) is 249. The number of rotatable bonds is 4. The van der Waals surface area contributed by atoms with Crippen molar-refractivity contribution in [3.8, 4) is 0 Å². The van der Waals surface area contributed by atoms with Crippen molar-refractivity contribution in [2.24, 2.45) is 0 Å². The predicted molar refractivity (Wildman–Crippen MR) is 114 cm³/mol. The van der Waals surface area contributed by atoms with Gasteiger partial charge in [0.15, 0.2) is 0 Å². The summed E-state index contributed by atoms with van der Waals surface area (Å²) in [4.78, 5) is 0. The Kier molecular flexibility index (Phi) is 152. The fourth-order valence-electron chi connectivity index (χ4n) is 0.407. The van der Waals surface area contributed by atoms with Crippen LogP contribution in [0.15, 0.2) is 49.6 Å². The van der Waals surface area contributed by atoms with Crippen LogP contribution in [0.4, 0.5) is 0 Å². The van der Waals surface area contributed by atoms with E-state index in [9.17, 15) is 0 Å². The summed E-state index contributed by atoms with van der Waals surface area (Å²) in [5.41, 5.74) is 0. The molecule has 0 amide bonds. The van der Waals surface area contributed by atoms with E-state index in [4.69, 9.17) is 0 Å². The third-order valence-corrected chi connectivity index (χ3v) is 1.48. The molecule has 0 bridgehead atoms. The normalized spacial score (nSPS) is 7.36. The highest BCUT2D eigenvalue weighted by Crippen LogP contribution is 1.93. The summed E-state index contributed by atoms with van der Waals surface area (Å²) >= 11 is 0. The topological polar surface area (TPSA) is 0 Å². The van der Waals surface area contributed by atoms with Gasteiger partial charge in [0.2, 0.25) is 0 Å². The summed E-state index contributed by atoms with van der Waals surface area (Å²) in [5, 5.41) is 0. The van der Waals surface area contributed by atoms with Gasteiger partial charge in [-0.3, -0.25) is 0 Å². The summed E-state index contributed by atoms with van der Waals surface area (Å²) in [7, 11) is 0. The Balaban J connectivity index is -0.0000000375. The highest BCUT2D eigenvalue weighted by atomic mass is 13.8. The lowest BCUT2D eigenvalue weighted by molar-refractivity contribution is 0.871. The fraction of sp³-hybridized carbons (Fsp3) is 0.636. The van der Waals surface area contributed by atoms with Crippen LogP contribution in [-0.2, 0) is 0 Å². The standard InChI is InChI=1S/C7H12.2C4H8.C3H8.2C2H6/c1-3-5-7-6-4-2;2*1-3-4-2;1-3-2;2*1-2/h3-4H,1-2,5-7H2;2*3-4H,1-2H3;3H2,1-2H3;2*1-2H3/b;2*4-3+;;;. The first-order chi connectivity index (χ1) is 10.7. The fourth-order valence-corrected chi connectivity index (χ4v) is 0.407. The minimum absolute atomic E-state index is 1.12. The zero-order chi connectivity index (χ0) is 19.1.